The van der Waals surface area contributed by atoms with Crippen LogP contribution in [0.25, 0.3) is 0 Å². The van der Waals surface area contributed by atoms with Gasteiger partial charge in [0.25, 0.3) is 5.91 Å². The number of halogens is 1. The molecular weight excluding hydrogens is 604 g/mol. The van der Waals surface area contributed by atoms with Crippen molar-refractivity contribution in [2.75, 3.05) is 31.2 Å². The molecule has 3 unspecified atom stereocenters. The van der Waals surface area contributed by atoms with E-state index in [9.17, 15) is 19.5 Å². The normalized spacial score (nSPS) is 28.0. The van der Waals surface area contributed by atoms with Gasteiger partial charge in [0.2, 0.25) is 5.91 Å². The van der Waals surface area contributed by atoms with Gasteiger partial charge < -0.3 is 19.6 Å². The molecule has 0 aromatic heterocycles. The molecule has 1 spiro atoms. The fourth-order valence-corrected chi connectivity index (χ4v) is 10.5. The topological polar surface area (TPSA) is 87.2 Å². The van der Waals surface area contributed by atoms with E-state index in [0.29, 0.717) is 39.0 Å². The maximum atomic E-state index is 14.8. The summed E-state index contributed by atoms with van der Waals surface area (Å²) in [5, 5.41) is 9.17. The van der Waals surface area contributed by atoms with Crippen LogP contribution in [-0.2, 0) is 19.1 Å². The van der Waals surface area contributed by atoms with E-state index in [1.165, 1.54) is 0 Å². The Hall–Kier alpha value is -2.10. The third-order valence-electron chi connectivity index (χ3n) is 8.69. The number of rotatable bonds is 15. The third-order valence-corrected chi connectivity index (χ3v) is 11.9. The number of carbonyl (C=O) groups is 3. The number of para-hydroxylation sites is 1. The largest absolute Gasteiger partial charge is 0.465 e. The van der Waals surface area contributed by atoms with Crippen molar-refractivity contribution in [1.29, 1.82) is 0 Å². The summed E-state index contributed by atoms with van der Waals surface area (Å²) >= 11 is 5.46. The van der Waals surface area contributed by atoms with E-state index in [2.05, 4.69) is 29.1 Å². The van der Waals surface area contributed by atoms with Gasteiger partial charge in [0, 0.05) is 35.5 Å². The molecule has 0 radical (unpaired) electrons. The molecule has 1 aromatic carbocycles. The number of likely N-dealkylation sites (tertiary alicyclic amines) is 1. The highest BCUT2D eigenvalue weighted by Crippen LogP contribution is 2.68. The maximum absolute atomic E-state index is 14.8. The average Bonchev–Trinajstić information content (AvgIpc) is 3.53. The molecule has 0 saturated carbocycles. The number of amides is 2. The molecule has 7 nitrogen and oxygen atoms in total. The number of aliphatic hydroxyl groups is 1. The molecule has 41 heavy (non-hydrogen) atoms. The van der Waals surface area contributed by atoms with Crippen LogP contribution in [0.1, 0.15) is 56.1 Å². The summed E-state index contributed by atoms with van der Waals surface area (Å²) in [6.07, 6.45) is 8.76. The van der Waals surface area contributed by atoms with Crippen LogP contribution < -0.4 is 4.90 Å². The molecule has 1 N–H and O–H groups in total. The Morgan fingerprint density at radius 2 is 1.90 bits per heavy atom. The van der Waals surface area contributed by atoms with Gasteiger partial charge in [-0.3, -0.25) is 14.4 Å². The lowest BCUT2D eigenvalue weighted by atomic mass is 9.71. The Balaban J connectivity index is 1.70. The summed E-state index contributed by atoms with van der Waals surface area (Å²) < 4.78 is 5.01. The fourth-order valence-electron chi connectivity index (χ4n) is 6.95. The molecule has 2 bridgehead atoms. The van der Waals surface area contributed by atoms with Crippen LogP contribution in [0, 0.1) is 25.7 Å². The number of unbranched alkanes of at least 4 members (excludes halogenated alkanes) is 4. The van der Waals surface area contributed by atoms with Crippen LogP contribution in [0.4, 0.5) is 5.69 Å². The summed E-state index contributed by atoms with van der Waals surface area (Å²) in [7, 11) is 0. The van der Waals surface area contributed by atoms with E-state index in [4.69, 9.17) is 4.74 Å². The third kappa shape index (κ3) is 6.04. The predicted molar refractivity (Wildman–Crippen MR) is 168 cm³/mol. The van der Waals surface area contributed by atoms with Crippen LogP contribution >= 0.6 is 27.7 Å². The molecule has 224 valence electrons. The second kappa shape index (κ2) is 13.9. The number of alkyl halides is 1. The van der Waals surface area contributed by atoms with Crippen molar-refractivity contribution in [1.82, 2.24) is 4.90 Å². The van der Waals surface area contributed by atoms with Crippen molar-refractivity contribution in [3.05, 3.63) is 54.6 Å². The first-order valence-corrected chi connectivity index (χ1v) is 16.5. The van der Waals surface area contributed by atoms with Gasteiger partial charge in [-0.05, 0) is 69.9 Å². The maximum Gasteiger partial charge on any atom is 0.310 e. The van der Waals surface area contributed by atoms with E-state index in [1.54, 1.807) is 27.6 Å². The van der Waals surface area contributed by atoms with E-state index in [1.807, 2.05) is 38.1 Å². The molecule has 3 fully saturated rings. The van der Waals surface area contributed by atoms with Crippen molar-refractivity contribution in [3.8, 4) is 0 Å². The smallest absolute Gasteiger partial charge is 0.310 e. The van der Waals surface area contributed by atoms with Crippen LogP contribution in [-0.4, -0.2) is 75.0 Å². The number of thioether (sulfide) groups is 1. The molecule has 9 heteroatoms. The van der Waals surface area contributed by atoms with Gasteiger partial charge in [0.1, 0.15) is 6.04 Å². The number of benzene rings is 1. The summed E-state index contributed by atoms with van der Waals surface area (Å²) in [5.41, 5.74) is 2.80. The molecule has 3 aliphatic rings. The van der Waals surface area contributed by atoms with Crippen molar-refractivity contribution in [2.45, 2.75) is 79.7 Å². The molecule has 1 aromatic rings. The molecule has 3 saturated heterocycles. The first-order valence-electron chi connectivity index (χ1n) is 14.7. The standard InChI is InChI=1S/C32H43BrN2O5S/c1-5-7-8-12-19-40-31(39)24-25-29(37)35(17-10-9-11-18-36)28(32(25)20-23(33)27(24)41-32)30(38)34(16-6-2)26-21(3)14-13-15-22(26)4/h5-6,13-15,23-25,27-28,36H,1-2,7-12,16-20H2,3-4H3/t23?,24-,25+,27-,28?,32?/m1/s1. The zero-order valence-corrected chi connectivity index (χ0v) is 26.6. The van der Waals surface area contributed by atoms with Crippen LogP contribution in [0.15, 0.2) is 43.5 Å². The van der Waals surface area contributed by atoms with Gasteiger partial charge in [-0.15, -0.1) is 24.9 Å². The van der Waals surface area contributed by atoms with E-state index in [0.717, 1.165) is 42.5 Å². The van der Waals surface area contributed by atoms with Crippen LogP contribution in [0.5, 0.6) is 0 Å². The average molecular weight is 648 g/mol. The lowest BCUT2D eigenvalue weighted by Gasteiger charge is -2.38. The predicted octanol–water partition coefficient (Wildman–Crippen LogP) is 5.35. The van der Waals surface area contributed by atoms with Crippen molar-refractivity contribution < 1.29 is 24.2 Å². The molecular formula is C32H43BrN2O5S. The highest BCUT2D eigenvalue weighted by molar-refractivity contribution is 9.09. The number of aliphatic hydroxyl groups excluding tert-OH is 1. The number of hydrogen-bond donors (Lipinski definition) is 1. The minimum atomic E-state index is -0.730. The molecule has 3 heterocycles. The number of fused-ring (bicyclic) bond motifs is 1. The van der Waals surface area contributed by atoms with Gasteiger partial charge in [0.05, 0.1) is 23.2 Å². The zero-order valence-electron chi connectivity index (χ0n) is 24.2. The van der Waals surface area contributed by atoms with E-state index < -0.39 is 22.6 Å². The number of nitrogens with zero attached hydrogens (tertiary/aromatic N) is 2. The number of carbonyl (C=O) groups excluding carboxylic acids is 3. The molecule has 4 rings (SSSR count). The molecule has 3 aliphatic heterocycles. The van der Waals surface area contributed by atoms with Crippen molar-refractivity contribution in [3.63, 3.8) is 0 Å². The quantitative estimate of drug-likeness (QED) is 0.120. The van der Waals surface area contributed by atoms with Crippen LogP contribution in [0.2, 0.25) is 0 Å². The monoisotopic (exact) mass is 646 g/mol. The summed E-state index contributed by atoms with van der Waals surface area (Å²) in [6, 6.07) is 5.24. The minimum Gasteiger partial charge on any atom is -0.465 e. The van der Waals surface area contributed by atoms with E-state index >= 15 is 0 Å². The first-order chi connectivity index (χ1) is 19.7. The second-order valence-electron chi connectivity index (χ2n) is 11.4. The van der Waals surface area contributed by atoms with Crippen molar-refractivity contribution >= 4 is 51.2 Å². The molecule has 2 amide bonds. The minimum absolute atomic E-state index is 0.00689. The number of esters is 1. The van der Waals surface area contributed by atoms with E-state index in [-0.39, 0.29) is 34.5 Å². The van der Waals surface area contributed by atoms with Gasteiger partial charge >= 0.3 is 5.97 Å². The Bertz CT molecular complexity index is 1140. The lowest BCUT2D eigenvalue weighted by Crippen LogP contribution is -2.56. The highest BCUT2D eigenvalue weighted by Gasteiger charge is 2.76. The summed E-state index contributed by atoms with van der Waals surface area (Å²) in [5.74, 6) is -1.81. The van der Waals surface area contributed by atoms with Crippen molar-refractivity contribution in [2.24, 2.45) is 11.8 Å². The number of ether oxygens (including phenoxy) is 1. The number of hydrogen-bond acceptors (Lipinski definition) is 6. The van der Waals surface area contributed by atoms with Gasteiger partial charge in [0.15, 0.2) is 0 Å². The SMILES string of the molecule is C=CCCCCOC(=O)[C@H]1[C@@H]2SC3(CC2Br)C(C(=O)N(CC=C)c2c(C)cccc2C)N(CCCCCO)C(=O)[C@H]13. The Morgan fingerprint density at radius 1 is 1.17 bits per heavy atom. The Morgan fingerprint density at radius 3 is 2.56 bits per heavy atom. The van der Waals surface area contributed by atoms with Gasteiger partial charge in [-0.25, -0.2) is 0 Å². The molecule has 0 aliphatic carbocycles. The molecule has 6 atom stereocenters. The second-order valence-corrected chi connectivity index (χ2v) is 14.1. The highest BCUT2D eigenvalue weighted by atomic mass is 79.9. The zero-order chi connectivity index (χ0) is 29.7. The van der Waals surface area contributed by atoms with Gasteiger partial charge in [-0.1, -0.05) is 46.3 Å². The Kier molecular flexibility index (Phi) is 10.8. The van der Waals surface area contributed by atoms with Gasteiger partial charge in [-0.2, -0.15) is 0 Å². The fraction of sp³-hybridized carbons (Fsp3) is 0.594. The lowest BCUT2D eigenvalue weighted by molar-refractivity contribution is -0.154. The number of aryl methyl sites for hydroxylation is 2. The number of allylic oxidation sites excluding steroid dienone is 1. The first kappa shape index (κ1) is 31.8. The summed E-state index contributed by atoms with van der Waals surface area (Å²) in [6.45, 7) is 12.8. The van der Waals surface area contributed by atoms with Crippen LogP contribution in [0.3, 0.4) is 0 Å². The Labute approximate surface area is 256 Å². The summed E-state index contributed by atoms with van der Waals surface area (Å²) in [4.78, 5) is 46.1. The number of anilines is 1.